The fourth-order valence-electron chi connectivity index (χ4n) is 3.18. The summed E-state index contributed by atoms with van der Waals surface area (Å²) in [4.78, 5) is 11.7. The number of carbonyl (C=O) groups excluding carboxylic acids is 1. The van der Waals surface area contributed by atoms with Crippen molar-refractivity contribution in [2.24, 2.45) is 0 Å². The standard InChI is InChI=1S/C24H25O2P/c1-2-26-24(25)19-11-13-20-12-9-10-18-23(20)27(21-14-5-3-6-15-21)22-16-7-4-8-17-22/h3-10,12,14-18H,2,11,13,19H2,1H3. The minimum Gasteiger partial charge on any atom is -0.466 e. The molecule has 0 fully saturated rings. The Morgan fingerprint density at radius 3 is 1.96 bits per heavy atom. The van der Waals surface area contributed by atoms with Crippen LogP contribution in [0.25, 0.3) is 0 Å². The lowest BCUT2D eigenvalue weighted by Crippen LogP contribution is -2.23. The first-order valence-corrected chi connectivity index (χ1v) is 10.8. The molecule has 0 spiro atoms. The zero-order valence-corrected chi connectivity index (χ0v) is 16.6. The van der Waals surface area contributed by atoms with Gasteiger partial charge in [0.05, 0.1) is 6.61 Å². The Labute approximate surface area is 163 Å². The van der Waals surface area contributed by atoms with Gasteiger partial charge in [-0.05, 0) is 49.2 Å². The van der Waals surface area contributed by atoms with E-state index in [1.165, 1.54) is 21.5 Å². The first-order chi connectivity index (χ1) is 13.3. The molecule has 0 aliphatic heterocycles. The van der Waals surface area contributed by atoms with Crippen LogP contribution < -0.4 is 15.9 Å². The van der Waals surface area contributed by atoms with Crippen molar-refractivity contribution >= 4 is 29.8 Å². The van der Waals surface area contributed by atoms with Crippen molar-refractivity contribution in [3.8, 4) is 0 Å². The van der Waals surface area contributed by atoms with E-state index in [2.05, 4.69) is 84.9 Å². The maximum Gasteiger partial charge on any atom is 0.305 e. The number of benzene rings is 3. The molecule has 3 aromatic carbocycles. The molecule has 0 atom stereocenters. The number of hydrogen-bond donors (Lipinski definition) is 0. The van der Waals surface area contributed by atoms with Crippen molar-refractivity contribution in [1.82, 2.24) is 0 Å². The number of hydrogen-bond acceptors (Lipinski definition) is 2. The molecule has 2 nitrogen and oxygen atoms in total. The van der Waals surface area contributed by atoms with Crippen LogP contribution in [0.2, 0.25) is 0 Å². The Bertz CT molecular complexity index is 807. The Hall–Kier alpha value is -2.44. The van der Waals surface area contributed by atoms with Gasteiger partial charge in [-0.3, -0.25) is 4.79 Å². The van der Waals surface area contributed by atoms with Gasteiger partial charge in [0.1, 0.15) is 0 Å². The quantitative estimate of drug-likeness (QED) is 0.432. The summed E-state index contributed by atoms with van der Waals surface area (Å²) < 4.78 is 5.06. The van der Waals surface area contributed by atoms with Crippen LogP contribution in [0.5, 0.6) is 0 Å². The van der Waals surface area contributed by atoms with Gasteiger partial charge in [-0.15, -0.1) is 0 Å². The summed E-state index contributed by atoms with van der Waals surface area (Å²) in [6, 6.07) is 30.1. The van der Waals surface area contributed by atoms with Crippen LogP contribution >= 0.6 is 7.92 Å². The van der Waals surface area contributed by atoms with Gasteiger partial charge in [0.2, 0.25) is 0 Å². The van der Waals surface area contributed by atoms with E-state index in [4.69, 9.17) is 4.74 Å². The Morgan fingerprint density at radius 2 is 1.37 bits per heavy atom. The summed E-state index contributed by atoms with van der Waals surface area (Å²) in [7, 11) is -0.622. The zero-order chi connectivity index (χ0) is 18.9. The third-order valence-corrected chi connectivity index (χ3v) is 6.94. The van der Waals surface area contributed by atoms with Crippen molar-refractivity contribution < 1.29 is 9.53 Å². The summed E-state index contributed by atoms with van der Waals surface area (Å²) in [6.45, 7) is 2.29. The summed E-state index contributed by atoms with van der Waals surface area (Å²) in [5, 5.41) is 4.06. The van der Waals surface area contributed by atoms with Crippen LogP contribution in [-0.2, 0) is 16.0 Å². The zero-order valence-electron chi connectivity index (χ0n) is 15.7. The molecule has 0 aliphatic carbocycles. The SMILES string of the molecule is CCOC(=O)CCCc1ccccc1P(c1ccccc1)c1ccccc1. The molecule has 138 valence electrons. The van der Waals surface area contributed by atoms with Crippen LogP contribution in [0.4, 0.5) is 0 Å². The molecule has 0 aliphatic rings. The molecular weight excluding hydrogens is 351 g/mol. The third kappa shape index (κ3) is 5.28. The molecule has 0 radical (unpaired) electrons. The minimum atomic E-state index is -0.622. The van der Waals surface area contributed by atoms with E-state index < -0.39 is 7.92 Å². The highest BCUT2D eigenvalue weighted by molar-refractivity contribution is 7.79. The Morgan fingerprint density at radius 1 is 0.815 bits per heavy atom. The molecule has 0 saturated heterocycles. The van der Waals surface area contributed by atoms with Crippen molar-refractivity contribution in [2.75, 3.05) is 6.61 Å². The topological polar surface area (TPSA) is 26.3 Å². The summed E-state index contributed by atoms with van der Waals surface area (Å²) >= 11 is 0. The van der Waals surface area contributed by atoms with E-state index in [0.29, 0.717) is 13.0 Å². The molecule has 0 bridgehead atoms. The highest BCUT2D eigenvalue weighted by atomic mass is 31.1. The van der Waals surface area contributed by atoms with Gasteiger partial charge in [-0.25, -0.2) is 0 Å². The number of ether oxygens (including phenoxy) is 1. The minimum absolute atomic E-state index is 0.108. The van der Waals surface area contributed by atoms with Gasteiger partial charge < -0.3 is 4.74 Å². The Balaban J connectivity index is 1.90. The number of rotatable bonds is 8. The van der Waals surface area contributed by atoms with Crippen LogP contribution in [-0.4, -0.2) is 12.6 Å². The molecule has 3 rings (SSSR count). The lowest BCUT2D eigenvalue weighted by Gasteiger charge is -2.22. The van der Waals surface area contributed by atoms with E-state index in [1.54, 1.807) is 0 Å². The Kier molecular flexibility index (Phi) is 7.19. The number of aryl methyl sites for hydroxylation is 1. The normalized spacial score (nSPS) is 10.7. The molecule has 27 heavy (non-hydrogen) atoms. The predicted molar refractivity (Wildman–Crippen MR) is 115 cm³/mol. The fourth-order valence-corrected chi connectivity index (χ4v) is 5.68. The second-order valence-corrected chi connectivity index (χ2v) is 8.48. The van der Waals surface area contributed by atoms with Crippen LogP contribution in [0.1, 0.15) is 25.3 Å². The molecule has 0 amide bonds. The van der Waals surface area contributed by atoms with Crippen LogP contribution in [0.3, 0.4) is 0 Å². The molecular formula is C24H25O2P. The maximum atomic E-state index is 11.7. The van der Waals surface area contributed by atoms with E-state index in [1.807, 2.05) is 6.92 Å². The van der Waals surface area contributed by atoms with E-state index >= 15 is 0 Å². The molecule has 0 unspecified atom stereocenters. The van der Waals surface area contributed by atoms with Crippen LogP contribution in [0.15, 0.2) is 84.9 Å². The fraction of sp³-hybridized carbons (Fsp3) is 0.208. The highest BCUT2D eigenvalue weighted by Gasteiger charge is 2.19. The molecule has 0 saturated carbocycles. The molecule has 0 aromatic heterocycles. The van der Waals surface area contributed by atoms with Gasteiger partial charge in [0.15, 0.2) is 0 Å². The van der Waals surface area contributed by atoms with E-state index in [-0.39, 0.29) is 5.97 Å². The van der Waals surface area contributed by atoms with Crippen molar-refractivity contribution in [1.29, 1.82) is 0 Å². The largest absolute Gasteiger partial charge is 0.466 e. The maximum absolute atomic E-state index is 11.7. The van der Waals surface area contributed by atoms with Crippen molar-refractivity contribution in [3.63, 3.8) is 0 Å². The highest BCUT2D eigenvalue weighted by Crippen LogP contribution is 2.34. The average Bonchev–Trinajstić information content (AvgIpc) is 2.71. The van der Waals surface area contributed by atoms with E-state index in [0.717, 1.165) is 12.8 Å². The molecule has 0 heterocycles. The second-order valence-electron chi connectivity index (χ2n) is 6.29. The van der Waals surface area contributed by atoms with Gasteiger partial charge >= 0.3 is 5.97 Å². The van der Waals surface area contributed by atoms with Crippen LogP contribution in [0, 0.1) is 0 Å². The lowest BCUT2D eigenvalue weighted by atomic mass is 10.1. The van der Waals surface area contributed by atoms with Gasteiger partial charge in [-0.1, -0.05) is 84.9 Å². The first-order valence-electron chi connectivity index (χ1n) is 9.43. The predicted octanol–water partition coefficient (Wildman–Crippen LogP) is 4.33. The van der Waals surface area contributed by atoms with Gasteiger partial charge in [-0.2, -0.15) is 0 Å². The smallest absolute Gasteiger partial charge is 0.305 e. The van der Waals surface area contributed by atoms with Gasteiger partial charge in [0, 0.05) is 6.42 Å². The average molecular weight is 376 g/mol. The number of carbonyl (C=O) groups is 1. The molecule has 3 aromatic rings. The third-order valence-electron chi connectivity index (χ3n) is 4.39. The number of esters is 1. The summed E-state index contributed by atoms with van der Waals surface area (Å²) in [5.41, 5.74) is 1.32. The molecule has 3 heteroatoms. The van der Waals surface area contributed by atoms with Gasteiger partial charge in [0.25, 0.3) is 0 Å². The summed E-state index contributed by atoms with van der Waals surface area (Å²) in [5.74, 6) is -0.108. The van der Waals surface area contributed by atoms with Crippen molar-refractivity contribution in [2.45, 2.75) is 26.2 Å². The second kappa shape index (κ2) is 10.0. The summed E-state index contributed by atoms with van der Waals surface area (Å²) in [6.07, 6.45) is 2.16. The first kappa shape index (κ1) is 19.3. The van der Waals surface area contributed by atoms with Crippen molar-refractivity contribution in [3.05, 3.63) is 90.5 Å². The lowest BCUT2D eigenvalue weighted by molar-refractivity contribution is -0.143. The monoisotopic (exact) mass is 376 g/mol. The van der Waals surface area contributed by atoms with E-state index in [9.17, 15) is 4.79 Å². The molecule has 0 N–H and O–H groups in total.